The van der Waals surface area contributed by atoms with Gasteiger partial charge in [-0.05, 0) is 48.5 Å². The van der Waals surface area contributed by atoms with Gasteiger partial charge in [-0.1, -0.05) is 48.0 Å². The Kier molecular flexibility index (Phi) is 5.75. The van der Waals surface area contributed by atoms with Crippen LogP contribution in [0.5, 0.6) is 0 Å². The number of hydrogen-bond donors (Lipinski definition) is 2. The van der Waals surface area contributed by atoms with Gasteiger partial charge in [0.1, 0.15) is 0 Å². The number of para-hydroxylation sites is 1. The minimum Gasteiger partial charge on any atom is -0.321 e. The summed E-state index contributed by atoms with van der Waals surface area (Å²) in [6, 6.07) is 23.2. The van der Waals surface area contributed by atoms with Crippen molar-refractivity contribution in [2.24, 2.45) is 0 Å². The first-order chi connectivity index (χ1) is 14.9. The predicted molar refractivity (Wildman–Crippen MR) is 120 cm³/mol. The van der Waals surface area contributed by atoms with Gasteiger partial charge in [0.15, 0.2) is 5.69 Å². The molecule has 9 heteroatoms. The van der Waals surface area contributed by atoms with Crippen molar-refractivity contribution in [1.82, 2.24) is 9.78 Å². The van der Waals surface area contributed by atoms with E-state index in [1.165, 1.54) is 22.9 Å². The summed E-state index contributed by atoms with van der Waals surface area (Å²) in [5, 5.41) is 7.50. The molecule has 0 atom stereocenters. The SMILES string of the molecule is O=C(Nc1cccc(NS(=O)(=O)c2ccccc2)c1)c1ccn(-c2ccccc2Cl)n1. The number of carbonyl (C=O) groups excluding carboxylic acids is 1. The molecule has 2 N–H and O–H groups in total. The van der Waals surface area contributed by atoms with Gasteiger partial charge in [-0.2, -0.15) is 5.10 Å². The Hall–Kier alpha value is -3.62. The Balaban J connectivity index is 1.49. The summed E-state index contributed by atoms with van der Waals surface area (Å²) in [5.41, 5.74) is 1.59. The van der Waals surface area contributed by atoms with Crippen LogP contribution in [0.15, 0.2) is 96.0 Å². The summed E-state index contributed by atoms with van der Waals surface area (Å²) in [6.45, 7) is 0. The summed E-state index contributed by atoms with van der Waals surface area (Å²) in [5.74, 6) is -0.436. The minimum absolute atomic E-state index is 0.148. The van der Waals surface area contributed by atoms with E-state index >= 15 is 0 Å². The van der Waals surface area contributed by atoms with Crippen molar-refractivity contribution < 1.29 is 13.2 Å². The van der Waals surface area contributed by atoms with Crippen LogP contribution in [-0.2, 0) is 10.0 Å². The lowest BCUT2D eigenvalue weighted by atomic mass is 10.2. The minimum atomic E-state index is -3.73. The van der Waals surface area contributed by atoms with Crippen molar-refractivity contribution in [1.29, 1.82) is 0 Å². The van der Waals surface area contributed by atoms with Crippen LogP contribution in [0.4, 0.5) is 11.4 Å². The summed E-state index contributed by atoms with van der Waals surface area (Å²) in [4.78, 5) is 12.8. The third kappa shape index (κ3) is 4.76. The van der Waals surface area contributed by atoms with E-state index < -0.39 is 15.9 Å². The van der Waals surface area contributed by atoms with E-state index in [-0.39, 0.29) is 10.6 Å². The fourth-order valence-electron chi connectivity index (χ4n) is 2.89. The van der Waals surface area contributed by atoms with Crippen molar-refractivity contribution in [2.45, 2.75) is 4.90 Å². The second-order valence-electron chi connectivity index (χ2n) is 6.55. The van der Waals surface area contributed by atoms with Gasteiger partial charge in [-0.3, -0.25) is 9.52 Å². The first-order valence-corrected chi connectivity index (χ1v) is 11.1. The number of hydrogen-bond acceptors (Lipinski definition) is 4. The van der Waals surface area contributed by atoms with E-state index in [0.29, 0.717) is 22.1 Å². The number of carbonyl (C=O) groups is 1. The fraction of sp³-hybridized carbons (Fsp3) is 0. The highest BCUT2D eigenvalue weighted by atomic mass is 35.5. The molecule has 1 aromatic heterocycles. The summed E-state index contributed by atoms with van der Waals surface area (Å²) in [6.07, 6.45) is 1.64. The number of rotatable bonds is 6. The predicted octanol–water partition coefficient (Wildman–Crippen LogP) is 4.58. The van der Waals surface area contributed by atoms with Crippen LogP contribution in [0, 0.1) is 0 Å². The number of nitrogens with zero attached hydrogens (tertiary/aromatic N) is 2. The third-order valence-corrected chi connectivity index (χ3v) is 6.06. The van der Waals surface area contributed by atoms with E-state index in [2.05, 4.69) is 15.1 Å². The first-order valence-electron chi connectivity index (χ1n) is 9.22. The molecule has 31 heavy (non-hydrogen) atoms. The number of amides is 1. The van der Waals surface area contributed by atoms with Crippen LogP contribution in [-0.4, -0.2) is 24.1 Å². The third-order valence-electron chi connectivity index (χ3n) is 4.35. The van der Waals surface area contributed by atoms with E-state index in [9.17, 15) is 13.2 Å². The van der Waals surface area contributed by atoms with Crippen LogP contribution >= 0.6 is 11.6 Å². The lowest BCUT2D eigenvalue weighted by Crippen LogP contribution is -2.15. The van der Waals surface area contributed by atoms with Gasteiger partial charge in [0.05, 0.1) is 21.3 Å². The van der Waals surface area contributed by atoms with Crippen molar-refractivity contribution in [2.75, 3.05) is 10.0 Å². The average molecular weight is 453 g/mol. The molecule has 4 rings (SSSR count). The molecule has 0 unspecified atom stereocenters. The highest BCUT2D eigenvalue weighted by molar-refractivity contribution is 7.92. The Morgan fingerprint density at radius 1 is 0.871 bits per heavy atom. The molecular weight excluding hydrogens is 436 g/mol. The van der Waals surface area contributed by atoms with E-state index in [1.807, 2.05) is 12.1 Å². The van der Waals surface area contributed by atoms with E-state index in [4.69, 9.17) is 11.6 Å². The Labute approximate surface area is 184 Å². The topological polar surface area (TPSA) is 93.1 Å². The maximum absolute atomic E-state index is 12.6. The molecule has 0 spiro atoms. The van der Waals surface area contributed by atoms with Crippen LogP contribution in [0.3, 0.4) is 0 Å². The number of anilines is 2. The molecule has 0 bridgehead atoms. The largest absolute Gasteiger partial charge is 0.321 e. The van der Waals surface area contributed by atoms with Gasteiger partial charge in [0.2, 0.25) is 0 Å². The van der Waals surface area contributed by atoms with Gasteiger partial charge in [-0.15, -0.1) is 0 Å². The summed E-state index contributed by atoms with van der Waals surface area (Å²) in [7, 11) is -3.73. The Morgan fingerprint density at radius 3 is 2.35 bits per heavy atom. The summed E-state index contributed by atoms with van der Waals surface area (Å²) >= 11 is 6.17. The highest BCUT2D eigenvalue weighted by Crippen LogP contribution is 2.21. The van der Waals surface area contributed by atoms with Gasteiger partial charge in [0, 0.05) is 11.9 Å². The van der Waals surface area contributed by atoms with Crippen LogP contribution in [0.1, 0.15) is 10.5 Å². The van der Waals surface area contributed by atoms with Gasteiger partial charge in [0.25, 0.3) is 15.9 Å². The zero-order valence-electron chi connectivity index (χ0n) is 16.1. The highest BCUT2D eigenvalue weighted by Gasteiger charge is 2.15. The number of nitrogens with one attached hydrogen (secondary N) is 2. The van der Waals surface area contributed by atoms with Crippen LogP contribution < -0.4 is 10.0 Å². The zero-order valence-corrected chi connectivity index (χ0v) is 17.6. The molecular formula is C22H17ClN4O3S. The van der Waals surface area contributed by atoms with Crippen LogP contribution in [0.25, 0.3) is 5.69 Å². The Morgan fingerprint density at radius 2 is 1.58 bits per heavy atom. The second-order valence-corrected chi connectivity index (χ2v) is 8.64. The number of aromatic nitrogens is 2. The molecule has 3 aromatic carbocycles. The molecule has 1 heterocycles. The fourth-order valence-corrected chi connectivity index (χ4v) is 4.18. The lowest BCUT2D eigenvalue weighted by molar-refractivity contribution is 0.102. The van der Waals surface area contributed by atoms with Crippen molar-refractivity contribution in [3.05, 3.63) is 102 Å². The molecule has 0 saturated carbocycles. The summed E-state index contributed by atoms with van der Waals surface area (Å²) < 4.78 is 29.0. The molecule has 0 aliphatic rings. The molecule has 0 saturated heterocycles. The molecule has 0 fully saturated rings. The Bertz CT molecular complexity index is 1340. The number of sulfonamides is 1. The molecule has 0 aliphatic carbocycles. The quantitative estimate of drug-likeness (QED) is 0.448. The van der Waals surface area contributed by atoms with E-state index in [0.717, 1.165) is 0 Å². The zero-order chi connectivity index (χ0) is 21.8. The van der Waals surface area contributed by atoms with Gasteiger partial charge in [-0.25, -0.2) is 13.1 Å². The smallest absolute Gasteiger partial charge is 0.276 e. The molecule has 1 amide bonds. The molecule has 0 radical (unpaired) electrons. The lowest BCUT2D eigenvalue weighted by Gasteiger charge is -2.10. The van der Waals surface area contributed by atoms with Gasteiger partial charge < -0.3 is 5.32 Å². The maximum atomic E-state index is 12.6. The van der Waals surface area contributed by atoms with E-state index in [1.54, 1.807) is 60.8 Å². The van der Waals surface area contributed by atoms with Gasteiger partial charge >= 0.3 is 0 Å². The molecule has 4 aromatic rings. The molecule has 7 nitrogen and oxygen atoms in total. The van der Waals surface area contributed by atoms with Crippen molar-refractivity contribution in [3.63, 3.8) is 0 Å². The van der Waals surface area contributed by atoms with Crippen LogP contribution in [0.2, 0.25) is 5.02 Å². The average Bonchev–Trinajstić information content (AvgIpc) is 3.25. The maximum Gasteiger partial charge on any atom is 0.276 e. The van der Waals surface area contributed by atoms with Crippen molar-refractivity contribution in [3.8, 4) is 5.69 Å². The molecule has 156 valence electrons. The number of benzene rings is 3. The van der Waals surface area contributed by atoms with Crippen molar-refractivity contribution >= 4 is 38.9 Å². The second kappa shape index (κ2) is 8.63. The molecule has 0 aliphatic heterocycles. The first kappa shape index (κ1) is 20.6. The number of halogens is 1. The monoisotopic (exact) mass is 452 g/mol. The normalized spacial score (nSPS) is 11.1. The standard InChI is InChI=1S/C22H17ClN4O3S/c23-19-11-4-5-12-21(19)27-14-13-20(25-27)22(28)24-16-7-6-8-17(15-16)26-31(29,30)18-9-2-1-3-10-18/h1-15,26H,(H,24,28).